The minimum absolute atomic E-state index is 0.154. The summed E-state index contributed by atoms with van der Waals surface area (Å²) in [5, 5.41) is 2.30. The Morgan fingerprint density at radius 2 is 1.78 bits per heavy atom. The number of esters is 1. The van der Waals surface area contributed by atoms with E-state index in [1.807, 2.05) is 30.3 Å². The number of methoxy groups -OCH3 is 2. The summed E-state index contributed by atoms with van der Waals surface area (Å²) < 4.78 is 10.3. The Hall–Kier alpha value is -3.57. The van der Waals surface area contributed by atoms with Gasteiger partial charge in [0.25, 0.3) is 0 Å². The maximum Gasteiger partial charge on any atom is 0.337 e. The summed E-state index contributed by atoms with van der Waals surface area (Å²) in [6, 6.07) is 24.8. The topological polar surface area (TPSA) is 50.8 Å². The molecule has 2 aliphatic rings. The fourth-order valence-electron chi connectivity index (χ4n) is 4.72. The number of ether oxygens (including phenoxy) is 2. The van der Waals surface area contributed by atoms with Crippen molar-refractivity contribution in [2.24, 2.45) is 0 Å². The zero-order valence-electron chi connectivity index (χ0n) is 18.3. The van der Waals surface area contributed by atoms with Crippen LogP contribution in [0.25, 0.3) is 5.70 Å². The zero-order valence-corrected chi connectivity index (χ0v) is 18.3. The molecule has 0 spiro atoms. The first kappa shape index (κ1) is 20.3. The van der Waals surface area contributed by atoms with E-state index in [-0.39, 0.29) is 12.0 Å². The molecule has 3 aromatic carbocycles. The molecule has 1 unspecified atom stereocenters. The first-order valence-corrected chi connectivity index (χ1v) is 10.8. The number of hydrazine groups is 1. The summed E-state index contributed by atoms with van der Waals surface area (Å²) >= 11 is 0. The molecule has 5 nitrogen and oxygen atoms in total. The van der Waals surface area contributed by atoms with Crippen LogP contribution >= 0.6 is 0 Å². The van der Waals surface area contributed by atoms with Crippen LogP contribution in [-0.4, -0.2) is 25.2 Å². The standard InChI is InChI=1S/C27H26N2O3/c1-31-22-13-15-23-21(16-22)12-14-24-25(23)28-29(26(24)19-6-4-3-5-7-19)17-18-8-10-20(11-9-18)27(30)32-2/h3-11,13,15-16,26,28H,12,14,17H2,1-2H3. The zero-order chi connectivity index (χ0) is 22.1. The quantitative estimate of drug-likeness (QED) is 0.588. The van der Waals surface area contributed by atoms with Crippen molar-refractivity contribution in [2.45, 2.75) is 25.4 Å². The van der Waals surface area contributed by atoms with Crippen LogP contribution in [0, 0.1) is 0 Å². The highest BCUT2D eigenvalue weighted by Crippen LogP contribution is 2.45. The van der Waals surface area contributed by atoms with Crippen LogP contribution in [-0.2, 0) is 17.7 Å². The second kappa shape index (κ2) is 8.52. The van der Waals surface area contributed by atoms with E-state index in [2.05, 4.69) is 52.9 Å². The lowest BCUT2D eigenvalue weighted by molar-refractivity contribution is 0.0600. The van der Waals surface area contributed by atoms with E-state index in [0.717, 1.165) is 24.2 Å². The van der Waals surface area contributed by atoms with E-state index in [0.29, 0.717) is 12.1 Å². The molecule has 0 radical (unpaired) electrons. The molecule has 3 aromatic rings. The van der Waals surface area contributed by atoms with Crippen molar-refractivity contribution < 1.29 is 14.3 Å². The van der Waals surface area contributed by atoms with Gasteiger partial charge in [-0.15, -0.1) is 0 Å². The molecule has 1 aliphatic heterocycles. The molecule has 1 atom stereocenters. The third kappa shape index (κ3) is 3.65. The molecule has 5 heteroatoms. The Morgan fingerprint density at radius 1 is 1.00 bits per heavy atom. The molecular formula is C27H26N2O3. The summed E-state index contributed by atoms with van der Waals surface area (Å²) in [5.41, 5.74) is 11.8. The summed E-state index contributed by atoms with van der Waals surface area (Å²) in [5.74, 6) is 0.579. The third-order valence-corrected chi connectivity index (χ3v) is 6.31. The Bertz CT molecular complexity index is 1170. The number of fused-ring (bicyclic) bond motifs is 2. The van der Waals surface area contributed by atoms with Crippen molar-refractivity contribution in [1.82, 2.24) is 10.4 Å². The minimum Gasteiger partial charge on any atom is -0.497 e. The SMILES string of the molecule is COC(=O)c1ccc(CN2NC3=C(CCc4cc(OC)ccc43)C2c2ccccc2)cc1. The second-order valence-corrected chi connectivity index (χ2v) is 8.16. The average Bonchev–Trinajstić information content (AvgIpc) is 3.22. The lowest BCUT2D eigenvalue weighted by atomic mass is 9.85. The number of benzene rings is 3. The smallest absolute Gasteiger partial charge is 0.337 e. The second-order valence-electron chi connectivity index (χ2n) is 8.16. The summed E-state index contributed by atoms with van der Waals surface area (Å²) in [6.07, 6.45) is 2.00. The molecule has 0 fully saturated rings. The van der Waals surface area contributed by atoms with Crippen molar-refractivity contribution in [3.8, 4) is 5.75 Å². The molecule has 0 aromatic heterocycles. The molecule has 32 heavy (non-hydrogen) atoms. The van der Waals surface area contributed by atoms with Gasteiger partial charge < -0.3 is 14.9 Å². The molecule has 1 N–H and O–H groups in total. The van der Waals surface area contributed by atoms with Crippen LogP contribution < -0.4 is 10.2 Å². The first-order valence-electron chi connectivity index (χ1n) is 10.8. The fourth-order valence-corrected chi connectivity index (χ4v) is 4.72. The van der Waals surface area contributed by atoms with Gasteiger partial charge in [0, 0.05) is 12.1 Å². The summed E-state index contributed by atoms with van der Waals surface area (Å²) in [6.45, 7) is 0.708. The third-order valence-electron chi connectivity index (χ3n) is 6.31. The predicted octanol–water partition coefficient (Wildman–Crippen LogP) is 4.90. The lowest BCUT2D eigenvalue weighted by Crippen LogP contribution is -2.33. The Balaban J connectivity index is 1.49. The number of hydrogen-bond acceptors (Lipinski definition) is 5. The predicted molar refractivity (Wildman–Crippen MR) is 124 cm³/mol. The maximum atomic E-state index is 11.8. The number of hydrogen-bond donors (Lipinski definition) is 1. The van der Waals surface area contributed by atoms with Crippen molar-refractivity contribution in [1.29, 1.82) is 0 Å². The normalized spacial score (nSPS) is 17.4. The number of nitrogens with one attached hydrogen (secondary N) is 1. The van der Waals surface area contributed by atoms with Gasteiger partial charge in [0.1, 0.15) is 5.75 Å². The number of carbonyl (C=O) groups excluding carboxylic acids is 1. The Labute approximate surface area is 188 Å². The lowest BCUT2D eigenvalue weighted by Gasteiger charge is -2.27. The van der Waals surface area contributed by atoms with Crippen molar-refractivity contribution in [2.75, 3.05) is 14.2 Å². The summed E-state index contributed by atoms with van der Waals surface area (Å²) in [7, 11) is 3.11. The largest absolute Gasteiger partial charge is 0.497 e. The molecule has 1 heterocycles. The van der Waals surface area contributed by atoms with Crippen LogP contribution in [0.3, 0.4) is 0 Å². The Kier molecular flexibility index (Phi) is 5.41. The number of rotatable bonds is 5. The van der Waals surface area contributed by atoms with Gasteiger partial charge in [0.05, 0.1) is 31.5 Å². The monoisotopic (exact) mass is 426 g/mol. The fraction of sp³-hybridized carbons (Fsp3) is 0.222. The molecule has 0 amide bonds. The van der Waals surface area contributed by atoms with Gasteiger partial charge >= 0.3 is 5.97 Å². The molecule has 0 saturated heterocycles. The molecule has 162 valence electrons. The van der Waals surface area contributed by atoms with Gasteiger partial charge in [-0.25, -0.2) is 9.80 Å². The molecule has 1 aliphatic carbocycles. The van der Waals surface area contributed by atoms with Crippen molar-refractivity contribution in [3.05, 3.63) is 106 Å². The van der Waals surface area contributed by atoms with Gasteiger partial charge in [0.15, 0.2) is 0 Å². The van der Waals surface area contributed by atoms with E-state index in [1.165, 1.54) is 35.1 Å². The number of nitrogens with zero attached hydrogens (tertiary/aromatic N) is 1. The number of carbonyl (C=O) groups is 1. The van der Waals surface area contributed by atoms with Crippen LogP contribution in [0.5, 0.6) is 5.75 Å². The summed E-state index contributed by atoms with van der Waals surface area (Å²) in [4.78, 5) is 11.8. The van der Waals surface area contributed by atoms with Crippen LogP contribution in [0.15, 0.2) is 78.4 Å². The van der Waals surface area contributed by atoms with Gasteiger partial charge in [-0.3, -0.25) is 0 Å². The maximum absolute atomic E-state index is 11.8. The van der Waals surface area contributed by atoms with Gasteiger partial charge in [-0.05, 0) is 65.4 Å². The molecule has 0 bridgehead atoms. The van der Waals surface area contributed by atoms with Crippen molar-refractivity contribution >= 4 is 11.7 Å². The average molecular weight is 427 g/mol. The number of aryl methyl sites for hydroxylation is 1. The van der Waals surface area contributed by atoms with Gasteiger partial charge in [-0.1, -0.05) is 42.5 Å². The van der Waals surface area contributed by atoms with E-state index in [1.54, 1.807) is 7.11 Å². The highest BCUT2D eigenvalue weighted by molar-refractivity contribution is 5.89. The minimum atomic E-state index is -0.317. The highest BCUT2D eigenvalue weighted by Gasteiger charge is 2.36. The van der Waals surface area contributed by atoms with Crippen LogP contribution in [0.1, 0.15) is 45.1 Å². The van der Waals surface area contributed by atoms with Crippen molar-refractivity contribution in [3.63, 3.8) is 0 Å². The van der Waals surface area contributed by atoms with Crippen LogP contribution in [0.4, 0.5) is 0 Å². The van der Waals surface area contributed by atoms with E-state index in [4.69, 9.17) is 9.47 Å². The van der Waals surface area contributed by atoms with E-state index >= 15 is 0 Å². The molecule has 5 rings (SSSR count). The van der Waals surface area contributed by atoms with Gasteiger partial charge in [0.2, 0.25) is 0 Å². The first-order chi connectivity index (χ1) is 15.7. The van der Waals surface area contributed by atoms with Gasteiger partial charge in [-0.2, -0.15) is 0 Å². The molecular weight excluding hydrogens is 400 g/mol. The Morgan fingerprint density at radius 3 is 2.50 bits per heavy atom. The molecule has 0 saturated carbocycles. The van der Waals surface area contributed by atoms with Crippen LogP contribution in [0.2, 0.25) is 0 Å². The van der Waals surface area contributed by atoms with E-state index in [9.17, 15) is 4.79 Å². The van der Waals surface area contributed by atoms with E-state index < -0.39 is 0 Å². The highest BCUT2D eigenvalue weighted by atomic mass is 16.5.